The van der Waals surface area contributed by atoms with E-state index < -0.39 is 11.8 Å². The molecule has 0 saturated carbocycles. The number of fused-ring (bicyclic) bond motifs is 4. The number of nitrogens with zero attached hydrogens (tertiary/aromatic N) is 6. The van der Waals surface area contributed by atoms with Crippen LogP contribution in [0.1, 0.15) is 52.5 Å². The first-order valence-electron chi connectivity index (χ1n) is 14.8. The molecule has 7 rings (SSSR count). The molecule has 0 bridgehead atoms. The first kappa shape index (κ1) is 29.2. The molecule has 2 atom stereocenters. The van der Waals surface area contributed by atoms with Gasteiger partial charge in [0.05, 0.1) is 60.6 Å². The smallest absolute Gasteiger partial charge is 0.338 e. The molecule has 4 heterocycles. The van der Waals surface area contributed by atoms with E-state index in [0.717, 1.165) is 35.4 Å². The molecule has 2 aromatic heterocycles. The number of imidazole rings is 2. The summed E-state index contributed by atoms with van der Waals surface area (Å²) in [6.45, 7) is 5.38. The van der Waals surface area contributed by atoms with Crippen molar-refractivity contribution in [1.82, 2.24) is 24.0 Å². The van der Waals surface area contributed by atoms with E-state index in [9.17, 15) is 10.1 Å². The third-order valence-corrected chi connectivity index (χ3v) is 8.95. The van der Waals surface area contributed by atoms with Gasteiger partial charge in [-0.05, 0) is 49.7 Å². The Morgan fingerprint density at radius 1 is 1.16 bits per heavy atom. The summed E-state index contributed by atoms with van der Waals surface area (Å²) >= 11 is 6.06. The van der Waals surface area contributed by atoms with Crippen LogP contribution in [-0.4, -0.2) is 56.3 Å². The summed E-state index contributed by atoms with van der Waals surface area (Å²) in [7, 11) is 1.28. The van der Waals surface area contributed by atoms with Gasteiger partial charge < -0.3 is 23.3 Å². The summed E-state index contributed by atoms with van der Waals surface area (Å²) in [4.78, 5) is 24.3. The lowest BCUT2D eigenvalue weighted by Gasteiger charge is -2.34. The topological polar surface area (TPSA) is 107 Å². The largest absolute Gasteiger partial charge is 0.487 e. The molecule has 2 aliphatic heterocycles. The van der Waals surface area contributed by atoms with Crippen molar-refractivity contribution in [2.75, 3.05) is 20.3 Å². The lowest BCUT2D eigenvalue weighted by atomic mass is 10.1. The molecule has 0 unspecified atom stereocenters. The molecular weight excluding hydrogens is 599 g/mol. The maximum absolute atomic E-state index is 15.2. The summed E-state index contributed by atoms with van der Waals surface area (Å²) in [5.74, 6) is 1.05. The van der Waals surface area contributed by atoms with Gasteiger partial charge in [-0.3, -0.25) is 4.90 Å². The van der Waals surface area contributed by atoms with Gasteiger partial charge in [-0.25, -0.2) is 19.2 Å². The van der Waals surface area contributed by atoms with Crippen molar-refractivity contribution in [3.05, 3.63) is 87.7 Å². The summed E-state index contributed by atoms with van der Waals surface area (Å²) in [6.07, 6.45) is 0.910. The van der Waals surface area contributed by atoms with Crippen molar-refractivity contribution >= 4 is 39.6 Å². The maximum atomic E-state index is 15.2. The van der Waals surface area contributed by atoms with Crippen LogP contribution in [0.15, 0.2) is 48.5 Å². The third kappa shape index (κ3) is 5.29. The first-order valence-corrected chi connectivity index (χ1v) is 15.2. The van der Waals surface area contributed by atoms with Crippen molar-refractivity contribution in [3.8, 4) is 11.8 Å². The monoisotopic (exact) mass is 628 g/mol. The van der Waals surface area contributed by atoms with E-state index in [-0.39, 0.29) is 29.8 Å². The number of hydrogen-bond donors (Lipinski definition) is 0. The summed E-state index contributed by atoms with van der Waals surface area (Å²) in [5.41, 5.74) is 3.84. The predicted molar refractivity (Wildman–Crippen MR) is 164 cm³/mol. The van der Waals surface area contributed by atoms with Gasteiger partial charge in [0.1, 0.15) is 35.0 Å². The highest BCUT2D eigenvalue weighted by Gasteiger charge is 2.31. The maximum Gasteiger partial charge on any atom is 0.338 e. The lowest BCUT2D eigenvalue weighted by Crippen LogP contribution is -2.38. The third-order valence-electron chi connectivity index (χ3n) is 8.71. The van der Waals surface area contributed by atoms with Crippen LogP contribution in [0.5, 0.6) is 5.75 Å². The quantitative estimate of drug-likeness (QED) is 0.199. The molecule has 0 N–H and O–H groups in total. The molecule has 3 aromatic carbocycles. The van der Waals surface area contributed by atoms with Crippen LogP contribution < -0.4 is 4.74 Å². The van der Waals surface area contributed by atoms with Crippen LogP contribution in [0, 0.1) is 17.1 Å². The summed E-state index contributed by atoms with van der Waals surface area (Å²) in [6, 6.07) is 15.9. The number of aromatic nitrogens is 4. The van der Waals surface area contributed by atoms with Gasteiger partial charge in [0.25, 0.3) is 0 Å². The van der Waals surface area contributed by atoms with Crippen LogP contribution in [-0.2, 0) is 35.7 Å². The fourth-order valence-electron chi connectivity index (χ4n) is 6.15. The van der Waals surface area contributed by atoms with Gasteiger partial charge in [-0.2, -0.15) is 5.26 Å². The number of hydrogen-bond acceptors (Lipinski definition) is 8. The van der Waals surface area contributed by atoms with E-state index in [2.05, 4.69) is 22.5 Å². The fraction of sp³-hybridized carbons (Fsp3) is 0.333. The highest BCUT2D eigenvalue weighted by atomic mass is 35.5. The Kier molecular flexibility index (Phi) is 7.65. The van der Waals surface area contributed by atoms with Crippen LogP contribution in [0.4, 0.5) is 4.39 Å². The molecule has 1 saturated heterocycles. The molecule has 0 spiro atoms. The second-order valence-corrected chi connectivity index (χ2v) is 11.8. The SMILES string of the molecule is COC(=O)c1cc(F)c2nc(CN3CCn4c(nc5c(OCc6ccc(Cl)cc6C#N)cccc54)[C@@H]3C)n(C[C@@H]3CCO3)c2c1. The number of benzene rings is 3. The number of nitriles is 1. The van der Waals surface area contributed by atoms with Gasteiger partial charge in [0.2, 0.25) is 0 Å². The number of ether oxygens (including phenoxy) is 3. The molecule has 45 heavy (non-hydrogen) atoms. The molecule has 12 heteroatoms. The number of halogens is 2. The number of carbonyl (C=O) groups excluding carboxylic acids is 1. The zero-order valence-electron chi connectivity index (χ0n) is 24.8. The molecular formula is C33H30ClFN6O4. The average Bonchev–Trinajstić information content (AvgIpc) is 3.58. The number of rotatable bonds is 8. The molecule has 5 aromatic rings. The standard InChI is InChI=1S/C33H30ClFN6O4/c1-19-32-38-31-26(4-3-5-28(31)45-18-20-6-7-23(34)12-22(20)15-36)40(32)10-9-39(19)17-29-37-30-25(35)13-21(33(42)43-2)14-27(30)41(29)16-24-8-11-44-24/h3-7,12-14,19,24H,8-11,16-18H2,1-2H3/t19-,24-/m0/s1. The van der Waals surface area contributed by atoms with Crippen LogP contribution >= 0.6 is 11.6 Å². The zero-order chi connectivity index (χ0) is 31.2. The zero-order valence-corrected chi connectivity index (χ0v) is 25.6. The lowest BCUT2D eigenvalue weighted by molar-refractivity contribution is -0.0592. The van der Waals surface area contributed by atoms with Crippen molar-refractivity contribution in [2.24, 2.45) is 0 Å². The second-order valence-electron chi connectivity index (χ2n) is 11.3. The molecule has 230 valence electrons. The minimum Gasteiger partial charge on any atom is -0.487 e. The molecule has 2 aliphatic rings. The Bertz CT molecular complexity index is 2000. The number of carbonyl (C=O) groups is 1. The minimum atomic E-state index is -0.601. The van der Waals surface area contributed by atoms with Gasteiger partial charge in [-0.1, -0.05) is 23.7 Å². The van der Waals surface area contributed by atoms with E-state index in [4.69, 9.17) is 35.8 Å². The minimum absolute atomic E-state index is 0.00417. The predicted octanol–water partition coefficient (Wildman–Crippen LogP) is 5.78. The summed E-state index contributed by atoms with van der Waals surface area (Å²) < 4.78 is 36.2. The fourth-order valence-corrected chi connectivity index (χ4v) is 6.32. The molecule has 1 fully saturated rings. The van der Waals surface area contributed by atoms with E-state index >= 15 is 4.39 Å². The number of esters is 1. The average molecular weight is 629 g/mol. The number of para-hydroxylation sites is 1. The summed E-state index contributed by atoms with van der Waals surface area (Å²) in [5, 5.41) is 10.0. The molecule has 0 aliphatic carbocycles. The Morgan fingerprint density at radius 2 is 2.00 bits per heavy atom. The molecule has 0 amide bonds. The van der Waals surface area contributed by atoms with Gasteiger partial charge in [0.15, 0.2) is 5.82 Å². The van der Waals surface area contributed by atoms with E-state index in [1.807, 2.05) is 22.8 Å². The molecule has 0 radical (unpaired) electrons. The van der Waals surface area contributed by atoms with E-state index in [1.54, 1.807) is 24.3 Å². The van der Waals surface area contributed by atoms with Crippen LogP contribution in [0.2, 0.25) is 5.02 Å². The van der Waals surface area contributed by atoms with Crippen LogP contribution in [0.25, 0.3) is 22.1 Å². The highest BCUT2D eigenvalue weighted by Crippen LogP contribution is 2.35. The highest BCUT2D eigenvalue weighted by molar-refractivity contribution is 6.30. The van der Waals surface area contributed by atoms with Gasteiger partial charge >= 0.3 is 5.97 Å². The van der Waals surface area contributed by atoms with Crippen molar-refractivity contribution in [1.29, 1.82) is 5.26 Å². The first-order chi connectivity index (χ1) is 21.8. The van der Waals surface area contributed by atoms with Gasteiger partial charge in [-0.15, -0.1) is 0 Å². The Balaban J connectivity index is 1.18. The van der Waals surface area contributed by atoms with Crippen LogP contribution in [0.3, 0.4) is 0 Å². The van der Waals surface area contributed by atoms with E-state index in [1.165, 1.54) is 13.2 Å². The van der Waals surface area contributed by atoms with Crippen molar-refractivity contribution in [2.45, 2.75) is 51.7 Å². The Labute approximate surface area is 263 Å². The van der Waals surface area contributed by atoms with Crippen molar-refractivity contribution < 1.29 is 23.4 Å². The number of methoxy groups -OCH3 is 1. The molecule has 10 nitrogen and oxygen atoms in total. The second kappa shape index (κ2) is 11.8. The van der Waals surface area contributed by atoms with E-state index in [0.29, 0.717) is 53.9 Å². The normalized spacial score (nSPS) is 18.0. The Morgan fingerprint density at radius 3 is 2.76 bits per heavy atom. The van der Waals surface area contributed by atoms with Gasteiger partial charge in [0, 0.05) is 30.3 Å². The Hall–Kier alpha value is -4.50. The van der Waals surface area contributed by atoms with Crippen molar-refractivity contribution in [3.63, 3.8) is 0 Å².